The smallest absolute Gasteiger partial charge is 0.456 e. The van der Waals surface area contributed by atoms with Gasteiger partial charge in [-0.15, -0.1) is 22.7 Å². The Morgan fingerprint density at radius 1 is 0.191 bits per heavy atom. The highest BCUT2D eigenvalue weighted by Crippen LogP contribution is 2.45. The van der Waals surface area contributed by atoms with Crippen LogP contribution in [-0.4, -0.2) is 99.8 Å². The van der Waals surface area contributed by atoms with Crippen molar-refractivity contribution in [3.8, 4) is 125 Å². The lowest BCUT2D eigenvalue weighted by molar-refractivity contribution is 0.00578. The van der Waals surface area contributed by atoms with Crippen molar-refractivity contribution in [1.82, 2.24) is 44.9 Å². The van der Waals surface area contributed by atoms with Crippen molar-refractivity contribution >= 4 is 133 Å². The number of para-hydroxylation sites is 1. The van der Waals surface area contributed by atoms with Crippen molar-refractivity contribution < 1.29 is 32.3 Å². The Morgan fingerprint density at radius 2 is 0.471 bits per heavy atom. The maximum Gasteiger partial charge on any atom is 0.494 e. The van der Waals surface area contributed by atoms with Gasteiger partial charge in [-0.25, -0.2) is 44.9 Å². The van der Waals surface area contributed by atoms with Crippen LogP contribution in [0.1, 0.15) is 83.1 Å². The molecule has 24 rings (SSSR count). The third-order valence-corrected chi connectivity index (χ3v) is 29.7. The van der Waals surface area contributed by atoms with E-state index in [1.165, 1.54) is 56.7 Å². The number of hydrogen-bond acceptors (Lipinski definition) is 18. The van der Waals surface area contributed by atoms with Gasteiger partial charge in [-0.05, 0) is 211 Å². The molecule has 3 aliphatic heterocycles. The van der Waals surface area contributed by atoms with Crippen molar-refractivity contribution in [1.29, 1.82) is 0 Å². The summed E-state index contributed by atoms with van der Waals surface area (Å²) in [6, 6.07) is 121. The highest BCUT2D eigenvalue weighted by molar-refractivity contribution is 7.26. The number of aromatic nitrogens is 9. The highest BCUT2D eigenvalue weighted by Gasteiger charge is 2.54. The lowest BCUT2D eigenvalue weighted by atomic mass is 9.79. The Kier molecular flexibility index (Phi) is 22.2. The maximum absolute atomic E-state index is 6.29. The minimum Gasteiger partial charge on any atom is -0.456 e. The summed E-state index contributed by atoms with van der Waals surface area (Å²) in [6.07, 6.45) is 0. The summed E-state index contributed by atoms with van der Waals surface area (Å²) in [5.41, 5.74) is 14.9. The summed E-state index contributed by atoms with van der Waals surface area (Å²) >= 11 is 3.62. The van der Waals surface area contributed by atoms with E-state index in [2.05, 4.69) is 265 Å². The first-order valence-corrected chi connectivity index (χ1v) is 47.6. The molecular weight excluding hydrogens is 1720 g/mol. The number of benzene rings is 15. The topological polar surface area (TPSA) is 185 Å². The van der Waals surface area contributed by atoms with Gasteiger partial charge in [0.15, 0.2) is 52.4 Å². The van der Waals surface area contributed by atoms with Crippen LogP contribution in [0.5, 0.6) is 0 Å². The molecule has 0 saturated carbocycles. The van der Waals surface area contributed by atoms with E-state index in [0.29, 0.717) is 52.4 Å². The van der Waals surface area contributed by atoms with Crippen LogP contribution in [0.25, 0.3) is 198 Å². The van der Waals surface area contributed by atoms with Crippen molar-refractivity contribution in [3.05, 3.63) is 352 Å². The van der Waals surface area contributed by atoms with Crippen molar-refractivity contribution in [2.75, 3.05) is 0 Å². The normalized spacial score (nSPS) is 15.6. The summed E-state index contributed by atoms with van der Waals surface area (Å²) in [4.78, 5) is 45.0. The summed E-state index contributed by atoms with van der Waals surface area (Å²) in [5.74, 6) is 5.56. The third kappa shape index (κ3) is 16.7. The summed E-state index contributed by atoms with van der Waals surface area (Å²) in [5, 5.41) is 9.53. The van der Waals surface area contributed by atoms with Crippen LogP contribution in [-0.2, 0) is 27.9 Å². The molecule has 0 spiro atoms. The number of hydrogen-bond donors (Lipinski definition) is 0. The first-order valence-electron chi connectivity index (χ1n) is 46.0. The molecule has 16 nitrogen and oxygen atoms in total. The van der Waals surface area contributed by atoms with Gasteiger partial charge in [-0.2, -0.15) is 0 Å². The zero-order valence-electron chi connectivity index (χ0n) is 77.4. The van der Waals surface area contributed by atoms with Gasteiger partial charge in [0.2, 0.25) is 0 Å². The number of furan rings is 1. The predicted octanol–water partition coefficient (Wildman–Crippen LogP) is 26.6. The van der Waals surface area contributed by atoms with Crippen LogP contribution in [0, 0.1) is 0 Å². The van der Waals surface area contributed by atoms with E-state index in [0.717, 1.165) is 105 Å². The monoisotopic (exact) mass is 1810 g/mol. The molecule has 3 aliphatic rings. The second-order valence-corrected chi connectivity index (χ2v) is 40.1. The van der Waals surface area contributed by atoms with Crippen LogP contribution in [0.3, 0.4) is 0 Å². The lowest BCUT2D eigenvalue weighted by Crippen LogP contribution is -2.41. The molecule has 9 heterocycles. The Bertz CT molecular complexity index is 8100. The number of fused-ring (bicyclic) bond motifs is 11. The highest BCUT2D eigenvalue weighted by atomic mass is 32.1. The Balaban J connectivity index is 0.000000118. The standard InChI is InChI=1S/C39H32BN3O3.C39H32BN3O2S.C37H30BN3O2S/c1-38(2)39(3,4)46-40(45-38)30-20-17-26(18-21-30)35-41-36(28-14-10-13-27(23-28)25-11-6-5-7-12-25)43-37(42-35)29-19-22-34-32(24-29)31-15-8-9-16-33(31)44-34;1-38(2)39(3,4)45-40(44-38)30-21-18-28(19-22-30)36-41-35(27-16-14-26(15-17-27)25-10-6-5-7-11-25)42-37(43-36)29-20-23-34-32(24-29)31-12-8-9-13-33(31)46-34;1-36(2)37(3,4)43-38(42-36)27-18-14-25(15-19-27)34-39-33(24-11-6-5-7-12-24)40-35(41-34)26-17-20-30-29(22-26)32-28-13-9-8-10-23(28)16-21-31(32)44-30/h2*5-24H,1-4H3;5-22H,1-4H3. The van der Waals surface area contributed by atoms with Gasteiger partial charge >= 0.3 is 21.4 Å². The minimum atomic E-state index is -0.444. The van der Waals surface area contributed by atoms with E-state index < -0.39 is 55.0 Å². The molecule has 0 bridgehead atoms. The van der Waals surface area contributed by atoms with Gasteiger partial charge in [0.25, 0.3) is 0 Å². The van der Waals surface area contributed by atoms with E-state index in [4.69, 9.17) is 77.2 Å². The molecule has 3 fully saturated rings. The molecule has 6 aromatic heterocycles. The van der Waals surface area contributed by atoms with Crippen LogP contribution in [0.15, 0.2) is 356 Å². The van der Waals surface area contributed by atoms with Crippen LogP contribution < -0.4 is 16.4 Å². The second kappa shape index (κ2) is 34.6. The largest absolute Gasteiger partial charge is 0.494 e. The van der Waals surface area contributed by atoms with Gasteiger partial charge in [0.05, 0.1) is 33.6 Å². The average Bonchev–Trinajstić information content (AvgIpc) is 1.59. The number of rotatable bonds is 14. The fourth-order valence-corrected chi connectivity index (χ4v) is 19.7. The zero-order chi connectivity index (χ0) is 93.0. The average molecular weight is 1810 g/mol. The molecule has 15 aromatic carbocycles. The van der Waals surface area contributed by atoms with E-state index in [1.54, 1.807) is 11.3 Å². The molecule has 0 unspecified atom stereocenters. The fourth-order valence-electron chi connectivity index (χ4n) is 17.5. The predicted molar refractivity (Wildman–Crippen MR) is 557 cm³/mol. The molecular formula is C115H94B3N9O7S2. The molecule has 136 heavy (non-hydrogen) atoms. The van der Waals surface area contributed by atoms with Gasteiger partial charge in [0.1, 0.15) is 11.2 Å². The van der Waals surface area contributed by atoms with Crippen molar-refractivity contribution in [2.45, 2.75) is 117 Å². The number of nitrogens with zero attached hydrogens (tertiary/aromatic N) is 9. The minimum absolute atomic E-state index is 0.398. The molecule has 0 atom stereocenters. The lowest BCUT2D eigenvalue weighted by Gasteiger charge is -2.32. The molecule has 3 saturated heterocycles. The van der Waals surface area contributed by atoms with Gasteiger partial charge in [-0.1, -0.05) is 273 Å². The van der Waals surface area contributed by atoms with Gasteiger partial charge < -0.3 is 32.3 Å². The molecule has 0 N–H and O–H groups in total. The fraction of sp³-hybridized carbons (Fsp3) is 0.157. The molecule has 0 amide bonds. The van der Waals surface area contributed by atoms with Gasteiger partial charge in [-0.3, -0.25) is 0 Å². The zero-order valence-corrected chi connectivity index (χ0v) is 79.1. The first-order chi connectivity index (χ1) is 65.7. The Morgan fingerprint density at radius 3 is 0.934 bits per heavy atom. The van der Waals surface area contributed by atoms with Crippen LogP contribution in [0.2, 0.25) is 0 Å². The second-order valence-electron chi connectivity index (χ2n) is 37.9. The molecule has 21 heteroatoms. The summed E-state index contributed by atoms with van der Waals surface area (Å²) in [7, 11) is -1.30. The van der Waals surface area contributed by atoms with Gasteiger partial charge in [0, 0.05) is 101 Å². The van der Waals surface area contributed by atoms with Crippen LogP contribution in [0.4, 0.5) is 0 Å². The SMILES string of the molecule is CC1(C)OB(c2ccc(-c3nc(-c4ccc(-c5ccccc5)cc4)nc(-c4ccc5sc6ccccc6c5c4)n3)cc2)OC1(C)C.CC1(C)OB(c2ccc(-c3nc(-c4cccc(-c5ccccc5)c4)nc(-c4ccc5oc6ccccc6c5c4)n3)cc2)OC1(C)C.CC1(C)OB(c2ccc(-c3nc(-c4ccccc4)nc(-c4ccc5sc6ccc7ccccc7c6c5c4)n3)cc2)OC1(C)C. The maximum atomic E-state index is 6.29. The summed E-state index contributed by atoms with van der Waals surface area (Å²) in [6.45, 7) is 24.8. The van der Waals surface area contributed by atoms with E-state index in [9.17, 15) is 0 Å². The Labute approximate surface area is 798 Å². The van der Waals surface area contributed by atoms with Crippen molar-refractivity contribution in [2.24, 2.45) is 0 Å². The quantitative estimate of drug-likeness (QED) is 0.0936. The van der Waals surface area contributed by atoms with E-state index in [1.807, 2.05) is 181 Å². The third-order valence-electron chi connectivity index (χ3n) is 27.4. The van der Waals surface area contributed by atoms with E-state index in [-0.39, 0.29) is 0 Å². The van der Waals surface area contributed by atoms with Crippen LogP contribution >= 0.6 is 22.7 Å². The molecule has 662 valence electrons. The number of thiophene rings is 2. The Hall–Kier alpha value is -14.2. The molecule has 0 aliphatic carbocycles. The molecule has 21 aromatic rings. The van der Waals surface area contributed by atoms with E-state index >= 15 is 0 Å². The van der Waals surface area contributed by atoms with Crippen molar-refractivity contribution in [3.63, 3.8) is 0 Å². The summed E-state index contributed by atoms with van der Waals surface area (Å²) < 4.78 is 48.8. The first kappa shape index (κ1) is 87.1. The molecule has 0 radical (unpaired) electrons.